The van der Waals surface area contributed by atoms with Crippen LogP contribution in [-0.2, 0) is 4.79 Å². The van der Waals surface area contributed by atoms with Crippen molar-refractivity contribution in [1.29, 1.82) is 5.26 Å². The van der Waals surface area contributed by atoms with E-state index in [1.165, 1.54) is 12.4 Å². The predicted molar refractivity (Wildman–Crippen MR) is 156 cm³/mol. The van der Waals surface area contributed by atoms with Crippen molar-refractivity contribution in [3.05, 3.63) is 72.3 Å². The maximum Gasteiger partial charge on any atom is 0.264 e. The Labute approximate surface area is 242 Å². The Hall–Kier alpha value is -4.82. The van der Waals surface area contributed by atoms with Crippen LogP contribution in [0.5, 0.6) is 11.5 Å². The quantitative estimate of drug-likeness (QED) is 0.255. The van der Waals surface area contributed by atoms with E-state index in [-0.39, 0.29) is 34.8 Å². The van der Waals surface area contributed by atoms with Gasteiger partial charge in [-0.05, 0) is 62.4 Å². The number of hydrogen-bond donors (Lipinski definition) is 2. The molecule has 2 atom stereocenters. The number of nitrogens with one attached hydrogen (secondary N) is 1. The van der Waals surface area contributed by atoms with Gasteiger partial charge in [-0.3, -0.25) is 4.79 Å². The molecule has 4 heterocycles. The minimum Gasteiger partial charge on any atom is -0.457 e. The maximum absolute atomic E-state index is 15.5. The Kier molecular flexibility index (Phi) is 7.79. The van der Waals surface area contributed by atoms with Crippen molar-refractivity contribution in [3.63, 3.8) is 0 Å². The van der Waals surface area contributed by atoms with E-state index in [2.05, 4.69) is 21.4 Å². The zero-order valence-corrected chi connectivity index (χ0v) is 23.0. The van der Waals surface area contributed by atoms with E-state index in [1.54, 1.807) is 39.9 Å². The number of nitrogens with two attached hydrogens (primary N) is 1. The fourth-order valence-corrected chi connectivity index (χ4v) is 5.74. The predicted octanol–water partition coefficient (Wildman–Crippen LogP) is 4.62. The number of nitriles is 1. The van der Waals surface area contributed by atoms with Gasteiger partial charge in [0.25, 0.3) is 5.91 Å². The first kappa shape index (κ1) is 27.4. The van der Waals surface area contributed by atoms with E-state index in [0.29, 0.717) is 41.3 Å². The normalized spacial score (nSPS) is 19.4. The zero-order chi connectivity index (χ0) is 29.1. The standard InChI is InChI=1S/C31H31FN8O2/c32-26-15-24(42-23-8-2-1-3-9-23)10-11-25(26)28-27-29(34)36-19-37-30(27)40(38-28)22-7-5-13-39(18-22)31(41)21(16-33)14-20-6-4-12-35-17-20/h1-3,8-11,14-15,19-20,22,35H,4-7,12-13,17-18H2,(H2,34,36,37)/t20?,22-/m1/s1. The lowest BCUT2D eigenvalue weighted by atomic mass is 9.96. The van der Waals surface area contributed by atoms with Gasteiger partial charge in [0.1, 0.15) is 46.8 Å². The summed E-state index contributed by atoms with van der Waals surface area (Å²) in [5, 5.41) is 18.4. The van der Waals surface area contributed by atoms with Gasteiger partial charge < -0.3 is 20.7 Å². The van der Waals surface area contributed by atoms with Crippen LogP contribution in [0.2, 0.25) is 0 Å². The van der Waals surface area contributed by atoms with Crippen molar-refractivity contribution in [2.45, 2.75) is 31.7 Å². The summed E-state index contributed by atoms with van der Waals surface area (Å²) in [6.45, 7) is 2.60. The van der Waals surface area contributed by atoms with Gasteiger partial charge in [0.05, 0.1) is 11.4 Å². The third-order valence-electron chi connectivity index (χ3n) is 7.81. The SMILES string of the molecule is N#CC(=CC1CCCNC1)C(=O)N1CCC[C@@H](n2nc(-c3ccc(Oc4ccccc4)cc3F)c3c(N)ncnc32)C1. The minimum atomic E-state index is -0.528. The first-order valence-electron chi connectivity index (χ1n) is 14.1. The first-order valence-corrected chi connectivity index (χ1v) is 14.1. The average Bonchev–Trinajstić information content (AvgIpc) is 3.41. The molecular formula is C31H31FN8O2. The molecule has 2 saturated heterocycles. The number of amides is 1. The van der Waals surface area contributed by atoms with Gasteiger partial charge in [0.15, 0.2) is 5.65 Å². The van der Waals surface area contributed by atoms with Crippen molar-refractivity contribution in [3.8, 4) is 28.8 Å². The van der Waals surface area contributed by atoms with Gasteiger partial charge in [0.2, 0.25) is 0 Å². The Balaban J connectivity index is 1.29. The number of carbonyl (C=O) groups excluding carboxylic acids is 1. The molecule has 2 aliphatic rings. The number of nitrogens with zero attached hydrogens (tertiary/aromatic N) is 6. The monoisotopic (exact) mass is 566 g/mol. The van der Waals surface area contributed by atoms with Crippen LogP contribution < -0.4 is 15.8 Å². The molecule has 1 unspecified atom stereocenters. The Bertz CT molecular complexity index is 1670. The molecule has 4 aromatic rings. The summed E-state index contributed by atoms with van der Waals surface area (Å²) in [4.78, 5) is 23.7. The Morgan fingerprint density at radius 1 is 1.14 bits per heavy atom. The van der Waals surface area contributed by atoms with Gasteiger partial charge in [-0.15, -0.1) is 0 Å². The number of likely N-dealkylation sites (tertiary alicyclic amines) is 1. The molecule has 2 aliphatic heterocycles. The van der Waals surface area contributed by atoms with Crippen molar-refractivity contribution < 1.29 is 13.9 Å². The van der Waals surface area contributed by atoms with Crippen LogP contribution in [0, 0.1) is 23.1 Å². The van der Waals surface area contributed by atoms with Crippen LogP contribution in [-0.4, -0.2) is 56.7 Å². The van der Waals surface area contributed by atoms with Crippen molar-refractivity contribution in [1.82, 2.24) is 30.0 Å². The second kappa shape index (κ2) is 12.0. The van der Waals surface area contributed by atoms with E-state index in [4.69, 9.17) is 15.6 Å². The number of carbonyl (C=O) groups is 1. The summed E-state index contributed by atoms with van der Waals surface area (Å²) in [5.74, 6) is 0.484. The van der Waals surface area contributed by atoms with E-state index < -0.39 is 5.82 Å². The molecule has 2 aromatic heterocycles. The summed E-state index contributed by atoms with van der Waals surface area (Å²) in [7, 11) is 0. The average molecular weight is 567 g/mol. The highest BCUT2D eigenvalue weighted by atomic mass is 19.1. The number of hydrogen-bond acceptors (Lipinski definition) is 8. The van der Waals surface area contributed by atoms with Crippen LogP contribution in [0.25, 0.3) is 22.3 Å². The lowest BCUT2D eigenvalue weighted by Crippen LogP contribution is -2.41. The fourth-order valence-electron chi connectivity index (χ4n) is 5.74. The lowest BCUT2D eigenvalue weighted by Gasteiger charge is -2.33. The highest BCUT2D eigenvalue weighted by molar-refractivity contribution is 5.99. The minimum absolute atomic E-state index is 0.162. The van der Waals surface area contributed by atoms with E-state index in [9.17, 15) is 10.1 Å². The number of fused-ring (bicyclic) bond motifs is 1. The lowest BCUT2D eigenvalue weighted by molar-refractivity contribution is -0.128. The number of ether oxygens (including phenoxy) is 1. The van der Waals surface area contributed by atoms with Crippen LogP contribution in [0.3, 0.4) is 0 Å². The van der Waals surface area contributed by atoms with Crippen LogP contribution >= 0.6 is 0 Å². The number of nitrogen functional groups attached to an aromatic ring is 1. The molecule has 10 nitrogen and oxygen atoms in total. The Morgan fingerprint density at radius 3 is 2.76 bits per heavy atom. The molecular weight excluding hydrogens is 535 g/mol. The van der Waals surface area contributed by atoms with E-state index in [0.717, 1.165) is 38.8 Å². The van der Waals surface area contributed by atoms with Gasteiger partial charge in [0, 0.05) is 31.3 Å². The molecule has 2 fully saturated rings. The molecule has 0 saturated carbocycles. The Morgan fingerprint density at radius 2 is 2.00 bits per heavy atom. The molecule has 0 radical (unpaired) electrons. The van der Waals surface area contributed by atoms with E-state index >= 15 is 4.39 Å². The number of para-hydroxylation sites is 1. The smallest absolute Gasteiger partial charge is 0.264 e. The molecule has 214 valence electrons. The molecule has 2 aromatic carbocycles. The number of piperidine rings is 2. The summed E-state index contributed by atoms with van der Waals surface area (Å²) < 4.78 is 23.0. The molecule has 11 heteroatoms. The van der Waals surface area contributed by atoms with E-state index in [1.807, 2.05) is 18.2 Å². The van der Waals surface area contributed by atoms with Gasteiger partial charge in [-0.1, -0.05) is 24.3 Å². The second-order valence-electron chi connectivity index (χ2n) is 10.7. The van der Waals surface area contributed by atoms with Crippen molar-refractivity contribution in [2.75, 3.05) is 31.9 Å². The number of anilines is 1. The fraction of sp³-hybridized carbons (Fsp3) is 0.323. The topological polar surface area (TPSA) is 135 Å². The summed E-state index contributed by atoms with van der Waals surface area (Å²) in [6, 6.07) is 15.6. The van der Waals surface area contributed by atoms with Crippen molar-refractivity contribution >= 4 is 22.8 Å². The van der Waals surface area contributed by atoms with Gasteiger partial charge >= 0.3 is 0 Å². The number of halogens is 1. The summed E-state index contributed by atoms with van der Waals surface area (Å²) >= 11 is 0. The zero-order valence-electron chi connectivity index (χ0n) is 23.0. The molecule has 0 aliphatic carbocycles. The molecule has 0 bridgehead atoms. The third kappa shape index (κ3) is 5.53. The molecule has 3 N–H and O–H groups in total. The molecule has 6 rings (SSSR count). The molecule has 42 heavy (non-hydrogen) atoms. The summed E-state index contributed by atoms with van der Waals surface area (Å²) in [6.07, 6.45) is 6.58. The number of benzene rings is 2. The van der Waals surface area contributed by atoms with Gasteiger partial charge in [-0.25, -0.2) is 19.0 Å². The summed E-state index contributed by atoms with van der Waals surface area (Å²) in [5.41, 5.74) is 7.46. The molecule has 1 amide bonds. The second-order valence-corrected chi connectivity index (χ2v) is 10.7. The highest BCUT2D eigenvalue weighted by Gasteiger charge is 2.31. The first-order chi connectivity index (χ1) is 20.5. The number of aromatic nitrogens is 4. The van der Waals surface area contributed by atoms with Crippen molar-refractivity contribution in [2.24, 2.45) is 5.92 Å². The molecule has 0 spiro atoms. The number of rotatable bonds is 6. The highest BCUT2D eigenvalue weighted by Crippen LogP contribution is 2.36. The maximum atomic E-state index is 15.5. The third-order valence-corrected chi connectivity index (χ3v) is 7.81. The largest absolute Gasteiger partial charge is 0.457 e. The van der Waals surface area contributed by atoms with Crippen LogP contribution in [0.15, 0.2) is 66.5 Å². The van der Waals surface area contributed by atoms with Crippen LogP contribution in [0.4, 0.5) is 10.2 Å². The van der Waals surface area contributed by atoms with Gasteiger partial charge in [-0.2, -0.15) is 10.4 Å². The van der Waals surface area contributed by atoms with Crippen LogP contribution in [0.1, 0.15) is 31.7 Å².